The summed E-state index contributed by atoms with van der Waals surface area (Å²) in [7, 11) is 1.71. The number of rotatable bonds is 5. The van der Waals surface area contributed by atoms with Crippen molar-refractivity contribution in [3.63, 3.8) is 0 Å². The molecule has 2 rings (SSSR count). The maximum absolute atomic E-state index is 13.7. The normalized spacial score (nSPS) is 12.4. The van der Waals surface area contributed by atoms with Gasteiger partial charge in [0.1, 0.15) is 11.6 Å². The zero-order chi connectivity index (χ0) is 13.7. The number of nitrogens with one attached hydrogen (secondary N) is 1. The first kappa shape index (κ1) is 14.0. The van der Waals surface area contributed by atoms with E-state index in [-0.39, 0.29) is 11.6 Å². The number of halogens is 2. The first-order valence-corrected chi connectivity index (χ1v) is 7.00. The lowest BCUT2D eigenvalue weighted by Crippen LogP contribution is -2.21. The molecule has 0 saturated carbocycles. The third-order valence-electron chi connectivity index (χ3n) is 2.86. The summed E-state index contributed by atoms with van der Waals surface area (Å²) in [6.07, 6.45) is 0. The van der Waals surface area contributed by atoms with Crippen molar-refractivity contribution in [1.82, 2.24) is 5.32 Å². The summed E-state index contributed by atoms with van der Waals surface area (Å²) < 4.78 is 27.4. The number of hydrogen-bond donors (Lipinski definition) is 1. The smallest absolute Gasteiger partial charge is 0.130 e. The van der Waals surface area contributed by atoms with Gasteiger partial charge in [-0.25, -0.2) is 8.78 Å². The van der Waals surface area contributed by atoms with Crippen LogP contribution < -0.4 is 5.32 Å². The number of hydrogen-bond acceptors (Lipinski definition) is 2. The molecule has 0 spiro atoms. The average Bonchev–Trinajstić information content (AvgIpc) is 2.43. The number of thioether (sulfide) groups is 1. The van der Waals surface area contributed by atoms with Crippen LogP contribution in [0.25, 0.3) is 0 Å². The van der Waals surface area contributed by atoms with Crippen LogP contribution in [-0.2, 0) is 0 Å². The van der Waals surface area contributed by atoms with E-state index < -0.39 is 11.6 Å². The van der Waals surface area contributed by atoms with E-state index >= 15 is 0 Å². The van der Waals surface area contributed by atoms with Crippen LogP contribution in [-0.4, -0.2) is 12.8 Å². The van der Waals surface area contributed by atoms with E-state index in [4.69, 9.17) is 0 Å². The summed E-state index contributed by atoms with van der Waals surface area (Å²) in [5.41, 5.74) is 0.105. The summed E-state index contributed by atoms with van der Waals surface area (Å²) in [4.78, 5) is 1.08. The van der Waals surface area contributed by atoms with Crippen molar-refractivity contribution in [2.75, 3.05) is 12.8 Å². The van der Waals surface area contributed by atoms with Crippen LogP contribution in [0.5, 0.6) is 0 Å². The Kier molecular flexibility index (Phi) is 4.93. The Hall–Kier alpha value is -1.39. The summed E-state index contributed by atoms with van der Waals surface area (Å²) in [6, 6.07) is 13.4. The second-order valence-corrected chi connectivity index (χ2v) is 5.19. The molecular weight excluding hydrogens is 264 g/mol. The van der Waals surface area contributed by atoms with Crippen molar-refractivity contribution in [3.8, 4) is 0 Å². The van der Waals surface area contributed by atoms with Gasteiger partial charge in [-0.2, -0.15) is 0 Å². The molecule has 4 heteroatoms. The Bertz CT molecular complexity index is 511. The molecule has 2 aromatic rings. The zero-order valence-electron chi connectivity index (χ0n) is 10.6. The monoisotopic (exact) mass is 279 g/mol. The molecule has 1 atom stereocenters. The van der Waals surface area contributed by atoms with Crippen molar-refractivity contribution in [1.29, 1.82) is 0 Å². The molecule has 0 radical (unpaired) electrons. The molecule has 2 aromatic carbocycles. The third kappa shape index (κ3) is 3.55. The lowest BCUT2D eigenvalue weighted by atomic mass is 10.1. The van der Waals surface area contributed by atoms with Gasteiger partial charge in [-0.3, -0.25) is 0 Å². The highest BCUT2D eigenvalue weighted by Gasteiger charge is 2.18. The van der Waals surface area contributed by atoms with Crippen molar-refractivity contribution in [3.05, 3.63) is 65.7 Å². The van der Waals surface area contributed by atoms with Gasteiger partial charge in [0.2, 0.25) is 0 Å². The highest BCUT2D eigenvalue weighted by atomic mass is 32.2. The Morgan fingerprint density at radius 3 is 2.21 bits per heavy atom. The van der Waals surface area contributed by atoms with Gasteiger partial charge < -0.3 is 5.32 Å². The maximum Gasteiger partial charge on any atom is 0.130 e. The van der Waals surface area contributed by atoms with Crippen molar-refractivity contribution < 1.29 is 8.78 Å². The van der Waals surface area contributed by atoms with Gasteiger partial charge in [-0.1, -0.05) is 24.3 Å². The molecule has 1 nitrogen and oxygen atoms in total. The minimum absolute atomic E-state index is 0.105. The quantitative estimate of drug-likeness (QED) is 0.830. The van der Waals surface area contributed by atoms with Crippen LogP contribution in [0.2, 0.25) is 0 Å². The fraction of sp³-hybridized carbons (Fsp3) is 0.200. The van der Waals surface area contributed by atoms with Crippen molar-refractivity contribution in [2.24, 2.45) is 0 Å². The van der Waals surface area contributed by atoms with Crippen LogP contribution in [0.3, 0.4) is 0 Å². The fourth-order valence-electron chi connectivity index (χ4n) is 1.85. The molecule has 0 heterocycles. The van der Waals surface area contributed by atoms with Gasteiger partial charge in [0.15, 0.2) is 0 Å². The number of benzene rings is 2. The lowest BCUT2D eigenvalue weighted by molar-refractivity contribution is 0.513. The van der Waals surface area contributed by atoms with E-state index in [2.05, 4.69) is 5.32 Å². The minimum atomic E-state index is -0.506. The molecule has 1 unspecified atom stereocenters. The first-order valence-electron chi connectivity index (χ1n) is 6.01. The van der Waals surface area contributed by atoms with E-state index in [1.807, 2.05) is 30.3 Å². The first-order chi connectivity index (χ1) is 9.22. The second-order valence-electron chi connectivity index (χ2n) is 4.10. The Morgan fingerprint density at radius 1 is 1.00 bits per heavy atom. The average molecular weight is 279 g/mol. The van der Waals surface area contributed by atoms with Gasteiger partial charge in [-0.05, 0) is 31.3 Å². The van der Waals surface area contributed by atoms with Crippen LogP contribution in [0.1, 0.15) is 11.6 Å². The maximum atomic E-state index is 13.7. The van der Waals surface area contributed by atoms with Crippen LogP contribution in [0.15, 0.2) is 53.4 Å². The van der Waals surface area contributed by atoms with Gasteiger partial charge in [0, 0.05) is 22.3 Å². The largest absolute Gasteiger partial charge is 0.312 e. The fourth-order valence-corrected chi connectivity index (χ4v) is 2.89. The van der Waals surface area contributed by atoms with Crippen molar-refractivity contribution >= 4 is 11.8 Å². The van der Waals surface area contributed by atoms with E-state index in [1.54, 1.807) is 18.8 Å². The molecule has 0 aliphatic rings. The summed E-state index contributed by atoms with van der Waals surface area (Å²) in [5.74, 6) is -0.445. The van der Waals surface area contributed by atoms with Crippen molar-refractivity contribution in [2.45, 2.75) is 10.9 Å². The zero-order valence-corrected chi connectivity index (χ0v) is 11.4. The van der Waals surface area contributed by atoms with Crippen LogP contribution in [0.4, 0.5) is 8.78 Å². The highest BCUT2D eigenvalue weighted by molar-refractivity contribution is 7.99. The van der Waals surface area contributed by atoms with Gasteiger partial charge in [-0.15, -0.1) is 11.8 Å². The molecule has 0 aliphatic heterocycles. The van der Waals surface area contributed by atoms with Gasteiger partial charge in [0.25, 0.3) is 0 Å². The second kappa shape index (κ2) is 6.68. The minimum Gasteiger partial charge on any atom is -0.312 e. The molecule has 0 fully saturated rings. The van der Waals surface area contributed by atoms with E-state index in [1.165, 1.54) is 18.2 Å². The van der Waals surface area contributed by atoms with Crippen LogP contribution in [0, 0.1) is 11.6 Å². The predicted octanol–water partition coefficient (Wildman–Crippen LogP) is 4.02. The molecule has 0 aromatic heterocycles. The summed E-state index contributed by atoms with van der Waals surface area (Å²) in [6.45, 7) is 0. The summed E-state index contributed by atoms with van der Waals surface area (Å²) in [5, 5.41) is 2.97. The molecule has 0 aliphatic carbocycles. The SMILES string of the molecule is CNC(CSc1ccccc1)c1c(F)cccc1F. The Balaban J connectivity index is 2.12. The predicted molar refractivity (Wildman–Crippen MR) is 75.3 cm³/mol. The standard InChI is InChI=1S/C15H15F2NS/c1-18-14(10-19-11-6-3-2-4-7-11)15-12(16)8-5-9-13(15)17/h2-9,14,18H,10H2,1H3. The van der Waals surface area contributed by atoms with Gasteiger partial charge >= 0.3 is 0 Å². The van der Waals surface area contributed by atoms with Crippen LogP contribution >= 0.6 is 11.8 Å². The third-order valence-corrected chi connectivity index (χ3v) is 3.96. The molecular formula is C15H15F2NS. The Labute approximate surface area is 116 Å². The van der Waals surface area contributed by atoms with E-state index in [0.29, 0.717) is 5.75 Å². The lowest BCUT2D eigenvalue weighted by Gasteiger charge is -2.17. The Morgan fingerprint density at radius 2 is 1.63 bits per heavy atom. The molecule has 0 bridgehead atoms. The molecule has 0 amide bonds. The molecule has 100 valence electrons. The molecule has 1 N–H and O–H groups in total. The topological polar surface area (TPSA) is 12.0 Å². The van der Waals surface area contributed by atoms with Gasteiger partial charge in [0.05, 0.1) is 0 Å². The van der Waals surface area contributed by atoms with E-state index in [0.717, 1.165) is 4.90 Å². The summed E-state index contributed by atoms with van der Waals surface area (Å²) >= 11 is 1.57. The van der Waals surface area contributed by atoms with E-state index in [9.17, 15) is 8.78 Å². The highest BCUT2D eigenvalue weighted by Crippen LogP contribution is 2.27. The molecule has 19 heavy (non-hydrogen) atoms. The molecule has 0 saturated heterocycles.